The van der Waals surface area contributed by atoms with Crippen LogP contribution in [0.2, 0.25) is 0 Å². The molecule has 2 aliphatic heterocycles. The van der Waals surface area contributed by atoms with Crippen molar-refractivity contribution in [3.63, 3.8) is 0 Å². The third-order valence-corrected chi connectivity index (χ3v) is 5.40. The van der Waals surface area contributed by atoms with E-state index in [0.717, 1.165) is 22.9 Å². The Kier molecular flexibility index (Phi) is 5.91. The Balaban J connectivity index is 1.76. The highest BCUT2D eigenvalue weighted by Gasteiger charge is 2.35. The molecule has 0 N–H and O–H groups in total. The van der Waals surface area contributed by atoms with E-state index < -0.39 is 0 Å². The van der Waals surface area contributed by atoms with Gasteiger partial charge in [-0.3, -0.25) is 9.59 Å². The molecular formula is C19H23BrN2O3. The van der Waals surface area contributed by atoms with Gasteiger partial charge >= 0.3 is 0 Å². The van der Waals surface area contributed by atoms with Gasteiger partial charge in [-0.2, -0.15) is 0 Å². The number of piperidine rings is 1. The molecule has 25 heavy (non-hydrogen) atoms. The lowest BCUT2D eigenvalue weighted by Gasteiger charge is -2.40. The molecule has 0 saturated carbocycles. The lowest BCUT2D eigenvalue weighted by Crippen LogP contribution is -2.50. The molecule has 0 aliphatic carbocycles. The molecule has 2 atom stereocenters. The predicted octanol–water partition coefficient (Wildman–Crippen LogP) is 2.77. The SMILES string of the molecule is C=CC(=O)N1CCCC(C(=O)N2CCOCC2c2cccc(Br)c2)C1. The lowest BCUT2D eigenvalue weighted by atomic mass is 9.94. The number of hydrogen-bond acceptors (Lipinski definition) is 3. The van der Waals surface area contributed by atoms with E-state index in [-0.39, 0.29) is 23.8 Å². The van der Waals surface area contributed by atoms with Crippen LogP contribution in [-0.2, 0) is 14.3 Å². The average molecular weight is 407 g/mol. The van der Waals surface area contributed by atoms with Crippen molar-refractivity contribution in [3.8, 4) is 0 Å². The quantitative estimate of drug-likeness (QED) is 0.725. The number of morpholine rings is 1. The molecule has 2 saturated heterocycles. The first kappa shape index (κ1) is 18.1. The van der Waals surface area contributed by atoms with E-state index >= 15 is 0 Å². The maximum Gasteiger partial charge on any atom is 0.245 e. The number of halogens is 1. The van der Waals surface area contributed by atoms with Gasteiger partial charge in [-0.1, -0.05) is 34.6 Å². The van der Waals surface area contributed by atoms with Gasteiger partial charge in [0.2, 0.25) is 11.8 Å². The standard InChI is InChI=1S/C19H23BrN2O3/c1-2-18(23)21-8-4-6-15(12-21)19(24)22-9-10-25-13-17(22)14-5-3-7-16(20)11-14/h2-3,5,7,11,15,17H,1,4,6,8-10,12-13H2. The molecule has 5 nitrogen and oxygen atoms in total. The van der Waals surface area contributed by atoms with E-state index in [0.29, 0.717) is 32.8 Å². The Morgan fingerprint density at radius 3 is 2.92 bits per heavy atom. The van der Waals surface area contributed by atoms with Crippen molar-refractivity contribution in [2.75, 3.05) is 32.8 Å². The fraction of sp³-hybridized carbons (Fsp3) is 0.474. The van der Waals surface area contributed by atoms with Gasteiger partial charge in [-0.25, -0.2) is 0 Å². The van der Waals surface area contributed by atoms with Gasteiger partial charge in [0, 0.05) is 24.1 Å². The van der Waals surface area contributed by atoms with E-state index in [9.17, 15) is 9.59 Å². The third-order valence-electron chi connectivity index (χ3n) is 4.90. The Bertz CT molecular complexity index is 664. The lowest BCUT2D eigenvalue weighted by molar-refractivity contribution is -0.147. The molecule has 1 aromatic carbocycles. The summed E-state index contributed by atoms with van der Waals surface area (Å²) in [7, 11) is 0. The second-order valence-electron chi connectivity index (χ2n) is 6.50. The smallest absolute Gasteiger partial charge is 0.245 e. The van der Waals surface area contributed by atoms with Gasteiger partial charge in [0.1, 0.15) is 0 Å². The first-order chi connectivity index (χ1) is 12.1. The van der Waals surface area contributed by atoms with Crippen molar-refractivity contribution in [2.24, 2.45) is 5.92 Å². The van der Waals surface area contributed by atoms with Crippen molar-refractivity contribution in [1.82, 2.24) is 9.80 Å². The molecule has 1 aromatic rings. The molecule has 0 aromatic heterocycles. The highest BCUT2D eigenvalue weighted by molar-refractivity contribution is 9.10. The normalized spacial score (nSPS) is 24.0. The summed E-state index contributed by atoms with van der Waals surface area (Å²) in [5, 5.41) is 0. The average Bonchev–Trinajstić information content (AvgIpc) is 2.67. The molecule has 6 heteroatoms. The number of carbonyl (C=O) groups excluding carboxylic acids is 2. The van der Waals surface area contributed by atoms with Crippen molar-refractivity contribution in [1.29, 1.82) is 0 Å². The Labute approximate surface area is 156 Å². The minimum Gasteiger partial charge on any atom is -0.377 e. The zero-order valence-corrected chi connectivity index (χ0v) is 15.8. The molecule has 134 valence electrons. The molecule has 2 amide bonds. The van der Waals surface area contributed by atoms with Crippen LogP contribution in [0.3, 0.4) is 0 Å². The van der Waals surface area contributed by atoms with E-state index in [2.05, 4.69) is 22.5 Å². The molecule has 0 radical (unpaired) electrons. The van der Waals surface area contributed by atoms with Gasteiger partial charge < -0.3 is 14.5 Å². The summed E-state index contributed by atoms with van der Waals surface area (Å²) in [5.74, 6) is -0.122. The summed E-state index contributed by atoms with van der Waals surface area (Å²) in [6, 6.07) is 7.93. The molecule has 3 rings (SSSR count). The molecule has 0 spiro atoms. The predicted molar refractivity (Wildman–Crippen MR) is 98.9 cm³/mol. The number of hydrogen-bond donors (Lipinski definition) is 0. The van der Waals surface area contributed by atoms with Crippen LogP contribution in [0.15, 0.2) is 41.4 Å². The molecule has 2 unspecified atom stereocenters. The Morgan fingerprint density at radius 2 is 2.16 bits per heavy atom. The van der Waals surface area contributed by atoms with Crippen molar-refractivity contribution in [2.45, 2.75) is 18.9 Å². The highest BCUT2D eigenvalue weighted by Crippen LogP contribution is 2.29. The van der Waals surface area contributed by atoms with Gasteiger partial charge in [-0.05, 0) is 36.6 Å². The van der Waals surface area contributed by atoms with Crippen LogP contribution in [-0.4, -0.2) is 54.5 Å². The van der Waals surface area contributed by atoms with E-state index in [4.69, 9.17) is 4.74 Å². The van der Waals surface area contributed by atoms with E-state index in [1.54, 1.807) is 4.90 Å². The second-order valence-corrected chi connectivity index (χ2v) is 7.42. The van der Waals surface area contributed by atoms with Crippen LogP contribution in [0.25, 0.3) is 0 Å². The molecule has 2 aliphatic rings. The second kappa shape index (κ2) is 8.15. The Hall–Kier alpha value is -1.66. The minimum absolute atomic E-state index is 0.0794. The summed E-state index contributed by atoms with van der Waals surface area (Å²) < 4.78 is 6.62. The minimum atomic E-state index is -0.148. The first-order valence-corrected chi connectivity index (χ1v) is 9.44. The molecular weight excluding hydrogens is 384 g/mol. The zero-order chi connectivity index (χ0) is 17.8. The van der Waals surface area contributed by atoms with E-state index in [1.165, 1.54) is 6.08 Å². The third kappa shape index (κ3) is 4.12. The molecule has 2 heterocycles. The number of carbonyl (C=O) groups is 2. The highest BCUT2D eigenvalue weighted by atomic mass is 79.9. The van der Waals surface area contributed by atoms with Crippen molar-refractivity contribution in [3.05, 3.63) is 47.0 Å². The summed E-state index contributed by atoms with van der Waals surface area (Å²) >= 11 is 3.50. The Morgan fingerprint density at radius 1 is 1.32 bits per heavy atom. The molecule has 0 bridgehead atoms. The van der Waals surface area contributed by atoms with Gasteiger partial charge in [0.25, 0.3) is 0 Å². The number of benzene rings is 1. The number of rotatable bonds is 3. The first-order valence-electron chi connectivity index (χ1n) is 8.65. The summed E-state index contributed by atoms with van der Waals surface area (Å²) in [6.45, 7) is 6.37. The van der Waals surface area contributed by atoms with E-state index in [1.807, 2.05) is 29.2 Å². The van der Waals surface area contributed by atoms with Crippen molar-refractivity contribution < 1.29 is 14.3 Å². The van der Waals surface area contributed by atoms with Gasteiger partial charge in [0.05, 0.1) is 25.2 Å². The maximum atomic E-state index is 13.2. The number of amides is 2. The van der Waals surface area contributed by atoms with Gasteiger partial charge in [-0.15, -0.1) is 0 Å². The summed E-state index contributed by atoms with van der Waals surface area (Å²) in [6.07, 6.45) is 3.00. The fourth-order valence-electron chi connectivity index (χ4n) is 3.60. The van der Waals surface area contributed by atoms with Crippen LogP contribution >= 0.6 is 15.9 Å². The van der Waals surface area contributed by atoms with Crippen LogP contribution in [0.4, 0.5) is 0 Å². The topological polar surface area (TPSA) is 49.9 Å². The summed E-state index contributed by atoms with van der Waals surface area (Å²) in [4.78, 5) is 28.7. The zero-order valence-electron chi connectivity index (χ0n) is 14.2. The van der Waals surface area contributed by atoms with Crippen LogP contribution in [0.1, 0.15) is 24.4 Å². The summed E-state index contributed by atoms with van der Waals surface area (Å²) in [5.41, 5.74) is 1.07. The largest absolute Gasteiger partial charge is 0.377 e. The number of likely N-dealkylation sites (tertiary alicyclic amines) is 1. The molecule has 2 fully saturated rings. The number of ether oxygens (including phenoxy) is 1. The maximum absolute atomic E-state index is 13.2. The van der Waals surface area contributed by atoms with Gasteiger partial charge in [0.15, 0.2) is 0 Å². The van der Waals surface area contributed by atoms with Crippen LogP contribution in [0, 0.1) is 5.92 Å². The fourth-order valence-corrected chi connectivity index (χ4v) is 4.02. The van der Waals surface area contributed by atoms with Crippen LogP contribution in [0.5, 0.6) is 0 Å². The number of nitrogens with zero attached hydrogens (tertiary/aromatic N) is 2. The monoisotopic (exact) mass is 406 g/mol. The van der Waals surface area contributed by atoms with Crippen LogP contribution < -0.4 is 0 Å². The van der Waals surface area contributed by atoms with Crippen molar-refractivity contribution >= 4 is 27.7 Å².